The highest BCUT2D eigenvalue weighted by Gasteiger charge is 1.97. The molecule has 19 heavy (non-hydrogen) atoms. The molecule has 1 saturated heterocycles. The minimum absolute atomic E-state index is 0.476. The summed E-state index contributed by atoms with van der Waals surface area (Å²) < 4.78 is 0. The lowest BCUT2D eigenvalue weighted by Gasteiger charge is -2.02. The Balaban J connectivity index is 2.01. The van der Waals surface area contributed by atoms with E-state index in [2.05, 4.69) is 20.2 Å². The molecule has 1 heterocycles. The van der Waals surface area contributed by atoms with Crippen LogP contribution in [0.5, 0.6) is 0 Å². The normalized spacial score (nSPS) is 24.0. The van der Waals surface area contributed by atoms with Gasteiger partial charge in [0.15, 0.2) is 0 Å². The molecule has 0 saturated carbocycles. The minimum atomic E-state index is 0.476. The molecule has 1 aliphatic rings. The maximum absolute atomic E-state index is 4.72. The molecular weight excluding hydrogens is 252 g/mol. The third-order valence-corrected chi connectivity index (χ3v) is 3.13. The van der Waals surface area contributed by atoms with Crippen LogP contribution in [0.3, 0.4) is 0 Å². The predicted octanol–water partition coefficient (Wildman–Crippen LogP) is 3.97. The third kappa shape index (κ3) is 12.5. The van der Waals surface area contributed by atoms with Gasteiger partial charge in [0.05, 0.1) is 13.2 Å². The van der Waals surface area contributed by atoms with Crippen LogP contribution in [-0.4, -0.2) is 13.2 Å². The van der Waals surface area contributed by atoms with Gasteiger partial charge in [-0.05, 0) is 33.0 Å². The van der Waals surface area contributed by atoms with Crippen molar-refractivity contribution in [2.45, 2.75) is 70.6 Å². The molecule has 114 valence electrons. The Labute approximate surface area is 114 Å². The molecule has 0 unspecified atom stereocenters. The van der Waals surface area contributed by atoms with E-state index < -0.39 is 0 Å². The Morgan fingerprint density at radius 1 is 0.316 bits per heavy atom. The Morgan fingerprint density at radius 2 is 0.632 bits per heavy atom. The second-order valence-corrected chi connectivity index (χ2v) is 4.81. The van der Waals surface area contributed by atoms with Crippen LogP contribution in [0.25, 0.3) is 0 Å². The van der Waals surface area contributed by atoms with E-state index in [1.165, 1.54) is 44.9 Å². The van der Waals surface area contributed by atoms with E-state index in [0.29, 0.717) is 13.2 Å². The summed E-state index contributed by atoms with van der Waals surface area (Å²) in [6, 6.07) is 0. The van der Waals surface area contributed by atoms with Gasteiger partial charge in [0.25, 0.3) is 0 Å². The van der Waals surface area contributed by atoms with Crippen molar-refractivity contribution in [3.63, 3.8) is 0 Å². The fourth-order valence-corrected chi connectivity index (χ4v) is 2.04. The fraction of sp³-hybridized carbons (Fsp3) is 1.00. The standard InChI is InChI=1S/C13H26O6/c1-2-4-6-8-10-12-14-16-18-19-17-15-13-11-9-7-5-3-1/h1-13H2. The zero-order chi connectivity index (χ0) is 13.4. The molecule has 0 amide bonds. The van der Waals surface area contributed by atoms with Crippen LogP contribution in [0.15, 0.2) is 0 Å². The van der Waals surface area contributed by atoms with E-state index in [0.717, 1.165) is 25.7 Å². The second kappa shape index (κ2) is 14.2. The van der Waals surface area contributed by atoms with Gasteiger partial charge < -0.3 is 0 Å². The topological polar surface area (TPSA) is 55.4 Å². The summed E-state index contributed by atoms with van der Waals surface area (Å²) in [7, 11) is 0. The average Bonchev–Trinajstić information content (AvgIpc) is 2.43. The Bertz CT molecular complexity index is 97.8. The summed E-state index contributed by atoms with van der Waals surface area (Å²) in [4.78, 5) is 9.43. The molecule has 0 spiro atoms. The highest BCUT2D eigenvalue weighted by Crippen LogP contribution is 2.11. The largest absolute Gasteiger partial charge is 0.204 e. The number of hydrogen-bond donors (Lipinski definition) is 0. The van der Waals surface area contributed by atoms with Gasteiger partial charge in [0.2, 0.25) is 0 Å². The van der Waals surface area contributed by atoms with Crippen molar-refractivity contribution < 1.29 is 29.9 Å². The van der Waals surface area contributed by atoms with Crippen molar-refractivity contribution in [2.24, 2.45) is 0 Å². The van der Waals surface area contributed by atoms with Crippen LogP contribution in [0.1, 0.15) is 70.6 Å². The zero-order valence-corrected chi connectivity index (χ0v) is 11.6. The smallest absolute Gasteiger partial charge is 0.0855 e. The van der Waals surface area contributed by atoms with Crippen molar-refractivity contribution in [1.29, 1.82) is 0 Å². The summed E-state index contributed by atoms with van der Waals surface area (Å²) in [6.45, 7) is 0.953. The van der Waals surface area contributed by atoms with Gasteiger partial charge in [-0.15, -0.1) is 0 Å². The van der Waals surface area contributed by atoms with E-state index in [1.807, 2.05) is 0 Å². The predicted molar refractivity (Wildman–Crippen MR) is 67.0 cm³/mol. The highest BCUT2D eigenvalue weighted by atomic mass is 17.8. The first kappa shape index (κ1) is 16.8. The third-order valence-electron chi connectivity index (χ3n) is 3.13. The summed E-state index contributed by atoms with van der Waals surface area (Å²) in [5.74, 6) is 0. The molecular formula is C13H26O6. The van der Waals surface area contributed by atoms with Crippen molar-refractivity contribution in [2.75, 3.05) is 13.2 Å². The van der Waals surface area contributed by atoms with Gasteiger partial charge in [0, 0.05) is 0 Å². The maximum Gasteiger partial charge on any atom is 0.0855 e. The maximum atomic E-state index is 4.72. The molecule has 0 aromatic heterocycles. The molecule has 0 radical (unpaired) electrons. The lowest BCUT2D eigenvalue weighted by Crippen LogP contribution is -2.02. The molecule has 0 aromatic rings. The van der Waals surface area contributed by atoms with Gasteiger partial charge in [0.1, 0.15) is 0 Å². The molecule has 6 heteroatoms. The molecule has 0 aromatic carbocycles. The van der Waals surface area contributed by atoms with Gasteiger partial charge >= 0.3 is 0 Å². The molecule has 0 aliphatic carbocycles. The highest BCUT2D eigenvalue weighted by molar-refractivity contribution is 4.48. The van der Waals surface area contributed by atoms with Crippen molar-refractivity contribution in [3.05, 3.63) is 0 Å². The average molecular weight is 278 g/mol. The lowest BCUT2D eigenvalue weighted by molar-refractivity contribution is -0.756. The van der Waals surface area contributed by atoms with E-state index in [4.69, 9.17) is 9.78 Å². The van der Waals surface area contributed by atoms with Crippen LogP contribution in [0.2, 0.25) is 0 Å². The molecule has 0 atom stereocenters. The SMILES string of the molecule is C1CCCCCCOOOOOOCCCCCC1. The Morgan fingerprint density at radius 3 is 1.00 bits per heavy atom. The van der Waals surface area contributed by atoms with Crippen LogP contribution in [0, 0.1) is 0 Å². The summed E-state index contributed by atoms with van der Waals surface area (Å²) in [5, 5.41) is 16.8. The van der Waals surface area contributed by atoms with E-state index in [1.54, 1.807) is 0 Å². The molecule has 0 bridgehead atoms. The summed E-state index contributed by atoms with van der Waals surface area (Å²) in [5.41, 5.74) is 0. The summed E-state index contributed by atoms with van der Waals surface area (Å²) >= 11 is 0. The molecule has 1 rings (SSSR count). The minimum Gasteiger partial charge on any atom is -0.204 e. The van der Waals surface area contributed by atoms with Crippen LogP contribution in [-0.2, 0) is 29.9 Å². The lowest BCUT2D eigenvalue weighted by atomic mass is 10.1. The molecule has 1 aliphatic heterocycles. The van der Waals surface area contributed by atoms with E-state index in [-0.39, 0.29) is 0 Å². The van der Waals surface area contributed by atoms with Gasteiger partial charge in [-0.25, -0.2) is 9.78 Å². The van der Waals surface area contributed by atoms with Crippen molar-refractivity contribution in [3.8, 4) is 0 Å². The monoisotopic (exact) mass is 278 g/mol. The van der Waals surface area contributed by atoms with Crippen LogP contribution >= 0.6 is 0 Å². The van der Waals surface area contributed by atoms with Gasteiger partial charge in [-0.2, -0.15) is 0 Å². The molecule has 6 nitrogen and oxygen atoms in total. The summed E-state index contributed by atoms with van der Waals surface area (Å²) in [6.07, 6.45) is 13.3. The Hall–Kier alpha value is -0.240. The van der Waals surface area contributed by atoms with Crippen molar-refractivity contribution in [1.82, 2.24) is 0 Å². The fourth-order valence-electron chi connectivity index (χ4n) is 2.04. The second-order valence-electron chi connectivity index (χ2n) is 4.81. The van der Waals surface area contributed by atoms with Crippen LogP contribution in [0.4, 0.5) is 0 Å². The van der Waals surface area contributed by atoms with Gasteiger partial charge in [-0.1, -0.05) is 57.8 Å². The first-order chi connectivity index (χ1) is 9.50. The van der Waals surface area contributed by atoms with Gasteiger partial charge in [-0.3, -0.25) is 0 Å². The number of hydrogen-bond acceptors (Lipinski definition) is 6. The van der Waals surface area contributed by atoms with Crippen LogP contribution < -0.4 is 0 Å². The first-order valence-electron chi connectivity index (χ1n) is 7.41. The van der Waals surface area contributed by atoms with Crippen molar-refractivity contribution >= 4 is 0 Å². The quantitative estimate of drug-likeness (QED) is 0.625. The zero-order valence-electron chi connectivity index (χ0n) is 11.6. The number of rotatable bonds is 0. The van der Waals surface area contributed by atoms with E-state index >= 15 is 0 Å². The van der Waals surface area contributed by atoms with E-state index in [9.17, 15) is 0 Å². The first-order valence-corrected chi connectivity index (χ1v) is 7.41. The Kier molecular flexibility index (Phi) is 12.5. The molecule has 1 fully saturated rings. The molecule has 0 N–H and O–H groups in total.